The summed E-state index contributed by atoms with van der Waals surface area (Å²) in [6.45, 7) is 4.46. The molecular weight excluding hydrogens is 787 g/mol. The highest BCUT2D eigenvalue weighted by Gasteiger charge is 2.65. The van der Waals surface area contributed by atoms with Crippen LogP contribution in [0.15, 0.2) is 114 Å². The fourth-order valence-electron chi connectivity index (χ4n) is 9.77. The Morgan fingerprint density at radius 2 is 1.68 bits per heavy atom. The zero-order valence-electron chi connectivity index (χ0n) is 35.4. The maximum absolute atomic E-state index is 15.0. The fraction of sp³-hybridized carbons (Fsp3) is 0.420. The van der Waals surface area contributed by atoms with E-state index < -0.39 is 17.7 Å². The summed E-state index contributed by atoms with van der Waals surface area (Å²) in [5.41, 5.74) is 3.31. The molecule has 1 amide bonds. The number of oxime groups is 1. The molecule has 1 aliphatic heterocycles. The third-order valence-corrected chi connectivity index (χ3v) is 12.4. The molecule has 12 nitrogen and oxygen atoms in total. The van der Waals surface area contributed by atoms with Crippen LogP contribution >= 0.6 is 0 Å². The summed E-state index contributed by atoms with van der Waals surface area (Å²) < 4.78 is 26.8. The molecule has 3 N–H and O–H groups in total. The highest BCUT2D eigenvalue weighted by molar-refractivity contribution is 6.03. The van der Waals surface area contributed by atoms with Crippen LogP contribution in [-0.4, -0.2) is 97.0 Å². The molecule has 3 aliphatic rings. The van der Waals surface area contributed by atoms with Crippen LogP contribution in [0.5, 0.6) is 17.2 Å². The summed E-state index contributed by atoms with van der Waals surface area (Å²) in [6, 6.07) is 27.9. The number of fused-ring (bicyclic) bond motifs is 3. The van der Waals surface area contributed by atoms with Gasteiger partial charge in [0.15, 0.2) is 0 Å². The van der Waals surface area contributed by atoms with Crippen LogP contribution in [0, 0.1) is 29.1 Å². The molecule has 0 radical (unpaired) electrons. The van der Waals surface area contributed by atoms with Crippen LogP contribution in [-0.2, 0) is 14.3 Å². The normalized spacial score (nSPS) is 23.0. The average molecular weight is 844 g/mol. The van der Waals surface area contributed by atoms with Gasteiger partial charge >= 0.3 is 0 Å². The summed E-state index contributed by atoms with van der Waals surface area (Å²) in [5, 5.41) is 45.8. The minimum absolute atomic E-state index is 0.0253. The van der Waals surface area contributed by atoms with E-state index >= 15 is 0 Å². The van der Waals surface area contributed by atoms with E-state index in [9.17, 15) is 25.4 Å². The van der Waals surface area contributed by atoms with E-state index in [1.54, 1.807) is 35.2 Å². The van der Waals surface area contributed by atoms with E-state index in [-0.39, 0.29) is 76.3 Å². The van der Waals surface area contributed by atoms with Crippen LogP contribution in [0.25, 0.3) is 10.8 Å². The lowest BCUT2D eigenvalue weighted by atomic mass is 9.55. The second-order valence-corrected chi connectivity index (χ2v) is 16.1. The molecule has 6 atom stereocenters. The Morgan fingerprint density at radius 1 is 0.935 bits per heavy atom. The maximum Gasteiger partial charge on any atom is 0.254 e. The highest BCUT2D eigenvalue weighted by Crippen LogP contribution is 2.62. The standard InChI is InChI=1S/C50H57N3O9/c1-3-26-60-50-46(53(22-27-59-28-25-56)49(57)36-16-14-34(33-51)15-17-36)32-44(52-58-2)42-30-38(12-6-8-23-54)41(13-7-9-24-55)47(48(42)50)43-31-40(20-21-45(43)62-50)61-39-19-18-35-10-4-5-11-37(35)29-39/h3-5,10-11,14-21,29-31,38,41,46-48,54-56H,1,6-9,12-13,22-28,32H2,2H3. The predicted octanol–water partition coefficient (Wildman–Crippen LogP) is 7.92. The monoisotopic (exact) mass is 843 g/mol. The van der Waals surface area contributed by atoms with Gasteiger partial charge in [0.1, 0.15) is 30.4 Å². The van der Waals surface area contributed by atoms with Crippen LogP contribution in [0.1, 0.15) is 72.3 Å². The number of allylic oxidation sites excluding steroid dienone is 1. The van der Waals surface area contributed by atoms with Crippen molar-refractivity contribution >= 4 is 22.4 Å². The molecule has 0 saturated heterocycles. The fourth-order valence-corrected chi connectivity index (χ4v) is 9.77. The van der Waals surface area contributed by atoms with E-state index in [2.05, 4.69) is 42.1 Å². The minimum Gasteiger partial charge on any atom is -0.459 e. The molecule has 7 rings (SSSR count). The zero-order chi connectivity index (χ0) is 43.5. The van der Waals surface area contributed by atoms with E-state index in [4.69, 9.17) is 23.8 Å². The van der Waals surface area contributed by atoms with Gasteiger partial charge in [0.2, 0.25) is 5.79 Å². The van der Waals surface area contributed by atoms with Gasteiger partial charge in [-0.1, -0.05) is 60.5 Å². The molecule has 62 heavy (non-hydrogen) atoms. The maximum atomic E-state index is 15.0. The van der Waals surface area contributed by atoms with Gasteiger partial charge in [-0.2, -0.15) is 5.26 Å². The van der Waals surface area contributed by atoms with Gasteiger partial charge in [-0.3, -0.25) is 4.79 Å². The number of hydrogen-bond acceptors (Lipinski definition) is 11. The number of rotatable bonds is 21. The molecule has 4 aromatic carbocycles. The number of carbonyl (C=O) groups is 1. The first-order valence-corrected chi connectivity index (χ1v) is 21.7. The molecule has 1 heterocycles. The third-order valence-electron chi connectivity index (χ3n) is 12.4. The van der Waals surface area contributed by atoms with E-state index in [0.717, 1.165) is 47.6 Å². The van der Waals surface area contributed by atoms with Crippen molar-refractivity contribution < 1.29 is 43.9 Å². The van der Waals surface area contributed by atoms with Crippen molar-refractivity contribution in [2.24, 2.45) is 22.9 Å². The Morgan fingerprint density at radius 3 is 2.40 bits per heavy atom. The summed E-state index contributed by atoms with van der Waals surface area (Å²) in [4.78, 5) is 22.3. The Hall–Kier alpha value is -5.55. The Bertz CT molecular complexity index is 2270. The largest absolute Gasteiger partial charge is 0.459 e. The number of nitriles is 1. The number of unbranched alkanes of at least 4 members (excludes halogenated alkanes) is 2. The molecule has 6 unspecified atom stereocenters. The molecule has 4 aromatic rings. The van der Waals surface area contributed by atoms with Crippen molar-refractivity contribution in [2.45, 2.75) is 62.7 Å². The number of hydrogen-bond donors (Lipinski definition) is 3. The second kappa shape index (κ2) is 21.0. The number of benzene rings is 4. The minimum atomic E-state index is -1.48. The quantitative estimate of drug-likeness (QED) is 0.0427. The first-order valence-electron chi connectivity index (χ1n) is 21.7. The van der Waals surface area contributed by atoms with Crippen molar-refractivity contribution in [1.82, 2.24) is 4.90 Å². The number of amides is 1. The summed E-state index contributed by atoms with van der Waals surface area (Å²) in [5.74, 6) is -0.531. The lowest BCUT2D eigenvalue weighted by Crippen LogP contribution is -2.70. The SMILES string of the molecule is C=CCOC12Oc3ccc(Oc4ccc5ccccc5c4)cc3C3C(CCCCO)C(CCCCO)C=C(C(=NOC)CC1N(CCOCCO)C(=O)c1ccc(C#N)cc1)C32. The van der Waals surface area contributed by atoms with Gasteiger partial charge in [0.05, 0.1) is 49.7 Å². The summed E-state index contributed by atoms with van der Waals surface area (Å²) in [7, 11) is 1.51. The van der Waals surface area contributed by atoms with Gasteiger partial charge in [-0.15, -0.1) is 6.58 Å². The highest BCUT2D eigenvalue weighted by atomic mass is 16.7. The van der Waals surface area contributed by atoms with Crippen molar-refractivity contribution in [1.29, 1.82) is 5.26 Å². The molecule has 0 spiro atoms. The van der Waals surface area contributed by atoms with E-state index in [1.807, 2.05) is 42.5 Å². The van der Waals surface area contributed by atoms with Crippen LogP contribution in [0.2, 0.25) is 0 Å². The first-order chi connectivity index (χ1) is 30.4. The van der Waals surface area contributed by atoms with Gasteiger partial charge in [0.25, 0.3) is 5.91 Å². The summed E-state index contributed by atoms with van der Waals surface area (Å²) in [6.07, 6.45) is 8.68. The Kier molecular flexibility index (Phi) is 15.1. The molecule has 326 valence electrons. The van der Waals surface area contributed by atoms with Crippen molar-refractivity contribution in [3.8, 4) is 23.3 Å². The molecule has 0 aromatic heterocycles. The number of aliphatic hydroxyl groups is 3. The van der Waals surface area contributed by atoms with Crippen LogP contribution in [0.4, 0.5) is 0 Å². The number of carbonyl (C=O) groups excluding carboxylic acids is 1. The smallest absolute Gasteiger partial charge is 0.254 e. The molecular formula is C50H57N3O9. The molecule has 2 aliphatic carbocycles. The van der Waals surface area contributed by atoms with Crippen molar-refractivity contribution in [3.05, 3.63) is 126 Å². The second-order valence-electron chi connectivity index (χ2n) is 16.1. The lowest BCUT2D eigenvalue weighted by Gasteiger charge is -2.60. The molecule has 1 fully saturated rings. The number of nitrogens with zero attached hydrogens (tertiary/aromatic N) is 3. The first kappa shape index (κ1) is 44.5. The number of aliphatic hydroxyl groups excluding tert-OH is 3. The topological polar surface area (TPSA) is 163 Å². The predicted molar refractivity (Wildman–Crippen MR) is 236 cm³/mol. The lowest BCUT2D eigenvalue weighted by molar-refractivity contribution is -0.254. The van der Waals surface area contributed by atoms with Gasteiger partial charge < -0.3 is 44.0 Å². The van der Waals surface area contributed by atoms with Gasteiger partial charge in [-0.25, -0.2) is 0 Å². The van der Waals surface area contributed by atoms with Gasteiger partial charge in [0, 0.05) is 43.2 Å². The average Bonchev–Trinajstić information content (AvgIpc) is 3.30. The Labute approximate surface area is 363 Å². The van der Waals surface area contributed by atoms with E-state index in [1.165, 1.54) is 7.11 Å². The molecule has 12 heteroatoms. The molecule has 1 saturated carbocycles. The number of ether oxygens (including phenoxy) is 4. The van der Waals surface area contributed by atoms with E-state index in [0.29, 0.717) is 46.9 Å². The summed E-state index contributed by atoms with van der Waals surface area (Å²) >= 11 is 0. The van der Waals surface area contributed by atoms with Crippen LogP contribution < -0.4 is 9.47 Å². The molecule has 0 bridgehead atoms. The van der Waals surface area contributed by atoms with Gasteiger partial charge in [-0.05, 0) is 108 Å². The van der Waals surface area contributed by atoms with Crippen molar-refractivity contribution in [2.75, 3.05) is 53.3 Å². The van der Waals surface area contributed by atoms with Crippen LogP contribution in [0.3, 0.4) is 0 Å². The van der Waals surface area contributed by atoms with Crippen molar-refractivity contribution in [3.63, 3.8) is 0 Å². The third kappa shape index (κ3) is 9.43. The Balaban J connectivity index is 1.42. The zero-order valence-corrected chi connectivity index (χ0v) is 35.4.